The van der Waals surface area contributed by atoms with Gasteiger partial charge in [-0.1, -0.05) is 6.07 Å². The number of aromatic nitrogens is 4. The van der Waals surface area contributed by atoms with Gasteiger partial charge in [0.15, 0.2) is 0 Å². The number of hydrogen-bond donors (Lipinski definition) is 1. The Morgan fingerprint density at radius 3 is 2.54 bits per heavy atom. The first kappa shape index (κ1) is 17.2. The van der Waals surface area contributed by atoms with E-state index < -0.39 is 0 Å². The van der Waals surface area contributed by atoms with E-state index in [4.69, 9.17) is 0 Å². The molecular formula is C21H23N5O2. The Kier molecular flexibility index (Phi) is 4.22. The van der Waals surface area contributed by atoms with Crippen LogP contribution >= 0.6 is 0 Å². The molecule has 0 spiro atoms. The van der Waals surface area contributed by atoms with Crippen molar-refractivity contribution < 1.29 is 0 Å². The minimum atomic E-state index is -0.0885. The first-order valence-corrected chi connectivity index (χ1v) is 10.0. The molecule has 5 rings (SSSR count). The second-order valence-corrected chi connectivity index (χ2v) is 7.87. The van der Waals surface area contributed by atoms with Gasteiger partial charge in [-0.15, -0.1) is 0 Å². The van der Waals surface area contributed by atoms with Crippen molar-refractivity contribution in [3.05, 3.63) is 69.0 Å². The molecule has 28 heavy (non-hydrogen) atoms. The summed E-state index contributed by atoms with van der Waals surface area (Å²) in [4.78, 5) is 29.1. The molecule has 1 N–H and O–H groups in total. The molecule has 0 amide bonds. The second kappa shape index (κ2) is 6.89. The van der Waals surface area contributed by atoms with Crippen molar-refractivity contribution >= 4 is 11.5 Å². The molecule has 3 aromatic rings. The molecule has 0 aliphatic heterocycles. The smallest absolute Gasteiger partial charge is 0.267 e. The first-order valence-electron chi connectivity index (χ1n) is 10.0. The number of nitrogens with one attached hydrogen (secondary N) is 1. The lowest BCUT2D eigenvalue weighted by molar-refractivity contribution is 0.301. The highest BCUT2D eigenvalue weighted by molar-refractivity contribution is 5.46. The SMILES string of the molecule is O=c1ccc(C2CC2)nn1C1CCC(Nc2cc(=O)n3ccccc3n2)CC1. The van der Waals surface area contributed by atoms with E-state index in [1.165, 1.54) is 17.2 Å². The zero-order valence-electron chi connectivity index (χ0n) is 15.6. The second-order valence-electron chi connectivity index (χ2n) is 7.87. The molecule has 2 saturated carbocycles. The first-order chi connectivity index (χ1) is 13.7. The van der Waals surface area contributed by atoms with Gasteiger partial charge in [0.05, 0.1) is 11.7 Å². The number of pyridine rings is 1. The number of anilines is 1. The summed E-state index contributed by atoms with van der Waals surface area (Å²) in [6.45, 7) is 0. The Labute approximate surface area is 162 Å². The number of fused-ring (bicyclic) bond motifs is 1. The fourth-order valence-electron chi connectivity index (χ4n) is 4.10. The zero-order valence-corrected chi connectivity index (χ0v) is 15.6. The van der Waals surface area contributed by atoms with Crippen molar-refractivity contribution in [1.29, 1.82) is 0 Å². The lowest BCUT2D eigenvalue weighted by atomic mass is 9.91. The topological polar surface area (TPSA) is 81.3 Å². The molecule has 3 aromatic heterocycles. The largest absolute Gasteiger partial charge is 0.367 e. The van der Waals surface area contributed by atoms with Crippen LogP contribution in [0.5, 0.6) is 0 Å². The van der Waals surface area contributed by atoms with Gasteiger partial charge in [-0.2, -0.15) is 5.10 Å². The van der Waals surface area contributed by atoms with Crippen LogP contribution in [-0.4, -0.2) is 25.2 Å². The van der Waals surface area contributed by atoms with E-state index in [1.807, 2.05) is 24.3 Å². The predicted molar refractivity (Wildman–Crippen MR) is 107 cm³/mol. The van der Waals surface area contributed by atoms with Crippen LogP contribution in [0.15, 0.2) is 52.2 Å². The van der Waals surface area contributed by atoms with Crippen molar-refractivity contribution in [3.8, 4) is 0 Å². The minimum Gasteiger partial charge on any atom is -0.367 e. The molecule has 7 nitrogen and oxygen atoms in total. The zero-order chi connectivity index (χ0) is 19.1. The molecule has 2 fully saturated rings. The van der Waals surface area contributed by atoms with Crippen LogP contribution in [0, 0.1) is 0 Å². The van der Waals surface area contributed by atoms with E-state index in [-0.39, 0.29) is 23.2 Å². The summed E-state index contributed by atoms with van der Waals surface area (Å²) in [5.74, 6) is 1.16. The normalized spacial score (nSPS) is 22.3. The van der Waals surface area contributed by atoms with Crippen molar-refractivity contribution in [2.75, 3.05) is 5.32 Å². The van der Waals surface area contributed by atoms with E-state index in [0.717, 1.165) is 31.4 Å². The molecule has 2 aliphatic rings. The average Bonchev–Trinajstić information content (AvgIpc) is 3.55. The van der Waals surface area contributed by atoms with Crippen molar-refractivity contribution in [3.63, 3.8) is 0 Å². The van der Waals surface area contributed by atoms with Crippen molar-refractivity contribution in [1.82, 2.24) is 19.2 Å². The van der Waals surface area contributed by atoms with Crippen molar-refractivity contribution in [2.45, 2.75) is 56.5 Å². The van der Waals surface area contributed by atoms with Crippen LogP contribution in [-0.2, 0) is 0 Å². The predicted octanol–water partition coefficient (Wildman–Crippen LogP) is 2.72. The van der Waals surface area contributed by atoms with Gasteiger partial charge in [-0.05, 0) is 56.7 Å². The molecule has 0 bridgehead atoms. The van der Waals surface area contributed by atoms with Gasteiger partial charge >= 0.3 is 0 Å². The van der Waals surface area contributed by atoms with Crippen LogP contribution in [0.2, 0.25) is 0 Å². The Morgan fingerprint density at radius 1 is 0.929 bits per heavy atom. The van der Waals surface area contributed by atoms with E-state index in [2.05, 4.69) is 15.4 Å². The third-order valence-corrected chi connectivity index (χ3v) is 5.81. The maximum Gasteiger partial charge on any atom is 0.267 e. The fourth-order valence-corrected chi connectivity index (χ4v) is 4.10. The highest BCUT2D eigenvalue weighted by Crippen LogP contribution is 2.38. The van der Waals surface area contributed by atoms with E-state index >= 15 is 0 Å². The summed E-state index contributed by atoms with van der Waals surface area (Å²) < 4.78 is 3.23. The summed E-state index contributed by atoms with van der Waals surface area (Å²) in [6.07, 6.45) is 7.71. The van der Waals surface area contributed by atoms with E-state index in [0.29, 0.717) is 17.4 Å². The Hall–Kier alpha value is -2.96. The lowest BCUT2D eigenvalue weighted by Crippen LogP contribution is -2.34. The van der Waals surface area contributed by atoms with Crippen LogP contribution in [0.3, 0.4) is 0 Å². The molecule has 0 aromatic carbocycles. The molecule has 144 valence electrons. The van der Waals surface area contributed by atoms with Gasteiger partial charge in [0.2, 0.25) is 0 Å². The maximum atomic E-state index is 12.3. The average molecular weight is 377 g/mol. The van der Waals surface area contributed by atoms with Crippen LogP contribution < -0.4 is 16.4 Å². The molecule has 7 heteroatoms. The molecule has 0 radical (unpaired) electrons. The third-order valence-electron chi connectivity index (χ3n) is 5.81. The summed E-state index contributed by atoms with van der Waals surface area (Å²) in [5, 5.41) is 8.05. The Bertz CT molecular complexity index is 1120. The monoisotopic (exact) mass is 377 g/mol. The molecular weight excluding hydrogens is 354 g/mol. The third kappa shape index (κ3) is 3.32. The van der Waals surface area contributed by atoms with Gasteiger partial charge in [0.25, 0.3) is 11.1 Å². The van der Waals surface area contributed by atoms with E-state index in [1.54, 1.807) is 23.0 Å². The quantitative estimate of drug-likeness (QED) is 0.756. The summed E-state index contributed by atoms with van der Waals surface area (Å²) in [5.41, 5.74) is 1.60. The van der Waals surface area contributed by atoms with E-state index in [9.17, 15) is 9.59 Å². The summed E-state index contributed by atoms with van der Waals surface area (Å²) >= 11 is 0. The molecule has 0 atom stereocenters. The standard InChI is InChI=1S/C21H23N5O2/c27-20-11-10-17(14-4-5-14)24-26(20)16-8-6-15(7-9-16)22-18-13-21(28)25-12-2-1-3-19(25)23-18/h1-3,10-16,22H,4-9H2. The fraction of sp³-hybridized carbons (Fsp3) is 0.429. The highest BCUT2D eigenvalue weighted by Gasteiger charge is 2.28. The van der Waals surface area contributed by atoms with Crippen molar-refractivity contribution in [2.24, 2.45) is 0 Å². The maximum absolute atomic E-state index is 12.3. The van der Waals surface area contributed by atoms with Gasteiger partial charge in [0, 0.05) is 30.3 Å². The minimum absolute atomic E-state index is 0.00923. The van der Waals surface area contributed by atoms with Crippen LogP contribution in [0.4, 0.5) is 5.82 Å². The lowest BCUT2D eigenvalue weighted by Gasteiger charge is -2.30. The molecule has 0 saturated heterocycles. The van der Waals surface area contributed by atoms with Gasteiger partial charge in [-0.3, -0.25) is 14.0 Å². The summed E-state index contributed by atoms with van der Waals surface area (Å²) in [6, 6.07) is 11.0. The number of nitrogens with zero attached hydrogens (tertiary/aromatic N) is 4. The number of rotatable bonds is 4. The highest BCUT2D eigenvalue weighted by atomic mass is 16.1. The van der Waals surface area contributed by atoms with Gasteiger partial charge < -0.3 is 5.32 Å². The van der Waals surface area contributed by atoms with Gasteiger partial charge in [-0.25, -0.2) is 9.67 Å². The molecule has 2 aliphatic carbocycles. The molecule has 3 heterocycles. The van der Waals surface area contributed by atoms with Crippen LogP contribution in [0.1, 0.15) is 56.2 Å². The van der Waals surface area contributed by atoms with Crippen LogP contribution in [0.25, 0.3) is 5.65 Å². The van der Waals surface area contributed by atoms with Gasteiger partial charge in [0.1, 0.15) is 11.5 Å². The molecule has 0 unspecified atom stereocenters. The Morgan fingerprint density at radius 2 is 1.75 bits per heavy atom. The Balaban J connectivity index is 1.28. The summed E-state index contributed by atoms with van der Waals surface area (Å²) in [7, 11) is 0. The number of hydrogen-bond acceptors (Lipinski definition) is 5.